The summed E-state index contributed by atoms with van der Waals surface area (Å²) >= 11 is 0. The zero-order valence-corrected chi connectivity index (χ0v) is 20.9. The standard InChI is InChI=1S/C28H32N2O4S/c1-35(32,33)30(21-25-10-6-3-7-11-25)26-12-14-27(15-13-26)34-22-28(31)29-18-16-24(17-19-29)20-23-8-4-2-5-9-23/h2-15,24H,16-22H2,1H3. The van der Waals surface area contributed by atoms with Crippen LogP contribution < -0.4 is 9.04 Å². The molecule has 35 heavy (non-hydrogen) atoms. The van der Waals surface area contributed by atoms with Crippen molar-refractivity contribution in [2.24, 2.45) is 5.92 Å². The summed E-state index contributed by atoms with van der Waals surface area (Å²) in [6.07, 6.45) is 4.25. The van der Waals surface area contributed by atoms with Crippen LogP contribution in [0.25, 0.3) is 0 Å². The van der Waals surface area contributed by atoms with E-state index in [1.165, 1.54) is 16.1 Å². The fraction of sp³-hybridized carbons (Fsp3) is 0.321. The van der Waals surface area contributed by atoms with Crippen molar-refractivity contribution in [2.45, 2.75) is 25.8 Å². The molecule has 1 heterocycles. The Morgan fingerprint density at radius 1 is 0.886 bits per heavy atom. The van der Waals surface area contributed by atoms with Gasteiger partial charge in [0.2, 0.25) is 10.0 Å². The normalized spacial score (nSPS) is 14.5. The fourth-order valence-electron chi connectivity index (χ4n) is 4.43. The second-order valence-electron chi connectivity index (χ2n) is 9.05. The molecule has 1 saturated heterocycles. The molecule has 7 heteroatoms. The van der Waals surface area contributed by atoms with E-state index >= 15 is 0 Å². The number of ether oxygens (including phenoxy) is 1. The van der Waals surface area contributed by atoms with Crippen LogP contribution in [-0.4, -0.2) is 45.2 Å². The van der Waals surface area contributed by atoms with Gasteiger partial charge < -0.3 is 9.64 Å². The summed E-state index contributed by atoms with van der Waals surface area (Å²) in [6, 6.07) is 26.8. The molecule has 0 bridgehead atoms. The lowest BCUT2D eigenvalue weighted by atomic mass is 9.90. The van der Waals surface area contributed by atoms with Gasteiger partial charge in [0, 0.05) is 13.1 Å². The van der Waals surface area contributed by atoms with Crippen molar-refractivity contribution < 1.29 is 17.9 Å². The number of benzene rings is 3. The summed E-state index contributed by atoms with van der Waals surface area (Å²) < 4.78 is 31.8. The third-order valence-corrected chi connectivity index (χ3v) is 7.53. The van der Waals surface area contributed by atoms with E-state index in [-0.39, 0.29) is 19.1 Å². The van der Waals surface area contributed by atoms with Crippen LogP contribution in [0.4, 0.5) is 5.69 Å². The highest BCUT2D eigenvalue weighted by Crippen LogP contribution is 2.25. The van der Waals surface area contributed by atoms with Crippen LogP contribution in [0.2, 0.25) is 0 Å². The molecular formula is C28H32N2O4S. The van der Waals surface area contributed by atoms with Gasteiger partial charge >= 0.3 is 0 Å². The molecule has 0 spiro atoms. The highest BCUT2D eigenvalue weighted by atomic mass is 32.2. The minimum absolute atomic E-state index is 0.0194. The Hall–Kier alpha value is -3.32. The average molecular weight is 493 g/mol. The second-order valence-corrected chi connectivity index (χ2v) is 11.0. The highest BCUT2D eigenvalue weighted by Gasteiger charge is 2.23. The molecule has 0 aromatic heterocycles. The third-order valence-electron chi connectivity index (χ3n) is 6.39. The summed E-state index contributed by atoms with van der Waals surface area (Å²) in [5.74, 6) is 1.12. The van der Waals surface area contributed by atoms with E-state index in [4.69, 9.17) is 4.74 Å². The van der Waals surface area contributed by atoms with Crippen LogP contribution in [0.5, 0.6) is 5.75 Å². The molecule has 4 rings (SSSR count). The van der Waals surface area contributed by atoms with E-state index in [9.17, 15) is 13.2 Å². The summed E-state index contributed by atoms with van der Waals surface area (Å²) in [5.41, 5.74) is 2.80. The van der Waals surface area contributed by atoms with Gasteiger partial charge in [-0.05, 0) is 60.6 Å². The Bertz CT molecular complexity index is 1190. The van der Waals surface area contributed by atoms with Crippen LogP contribution in [0, 0.1) is 5.92 Å². The summed E-state index contributed by atoms with van der Waals surface area (Å²) in [4.78, 5) is 14.5. The first-order chi connectivity index (χ1) is 16.9. The smallest absolute Gasteiger partial charge is 0.260 e. The Morgan fingerprint density at radius 3 is 2.03 bits per heavy atom. The maximum Gasteiger partial charge on any atom is 0.260 e. The number of nitrogens with zero attached hydrogens (tertiary/aromatic N) is 2. The monoisotopic (exact) mass is 492 g/mol. The zero-order valence-electron chi connectivity index (χ0n) is 20.0. The van der Waals surface area contributed by atoms with E-state index in [2.05, 4.69) is 24.3 Å². The number of amides is 1. The number of rotatable bonds is 9. The molecule has 6 nitrogen and oxygen atoms in total. The predicted octanol–water partition coefficient (Wildman–Crippen LogP) is 4.51. The Labute approximate surface area is 208 Å². The van der Waals surface area contributed by atoms with E-state index in [0.29, 0.717) is 17.4 Å². The molecular weight excluding hydrogens is 460 g/mol. The van der Waals surface area contributed by atoms with E-state index < -0.39 is 10.0 Å². The van der Waals surface area contributed by atoms with Crippen molar-refractivity contribution in [3.63, 3.8) is 0 Å². The number of sulfonamides is 1. The summed E-state index contributed by atoms with van der Waals surface area (Å²) in [6.45, 7) is 1.73. The molecule has 1 aliphatic rings. The van der Waals surface area contributed by atoms with Crippen molar-refractivity contribution >= 4 is 21.6 Å². The second kappa shape index (κ2) is 11.4. The topological polar surface area (TPSA) is 66.9 Å². The Kier molecular flexibility index (Phi) is 8.08. The maximum absolute atomic E-state index is 12.7. The van der Waals surface area contributed by atoms with Crippen LogP contribution in [0.15, 0.2) is 84.9 Å². The molecule has 0 saturated carbocycles. The van der Waals surface area contributed by atoms with Crippen molar-refractivity contribution in [3.8, 4) is 5.75 Å². The molecule has 3 aromatic rings. The number of anilines is 1. The largest absolute Gasteiger partial charge is 0.484 e. The van der Waals surface area contributed by atoms with E-state index in [0.717, 1.165) is 37.9 Å². The lowest BCUT2D eigenvalue weighted by molar-refractivity contribution is -0.134. The minimum Gasteiger partial charge on any atom is -0.484 e. The zero-order chi connectivity index (χ0) is 24.7. The van der Waals surface area contributed by atoms with Crippen molar-refractivity contribution in [3.05, 3.63) is 96.1 Å². The molecule has 1 amide bonds. The highest BCUT2D eigenvalue weighted by molar-refractivity contribution is 7.92. The lowest BCUT2D eigenvalue weighted by Crippen LogP contribution is -2.41. The molecule has 1 aliphatic heterocycles. The van der Waals surface area contributed by atoms with Crippen LogP contribution in [-0.2, 0) is 27.8 Å². The number of carbonyl (C=O) groups is 1. The first-order valence-corrected chi connectivity index (χ1v) is 13.8. The fourth-order valence-corrected chi connectivity index (χ4v) is 5.32. The quantitative estimate of drug-likeness (QED) is 0.441. The summed E-state index contributed by atoms with van der Waals surface area (Å²) in [7, 11) is -3.46. The molecule has 3 aromatic carbocycles. The van der Waals surface area contributed by atoms with Gasteiger partial charge in [0.05, 0.1) is 18.5 Å². The number of hydrogen-bond acceptors (Lipinski definition) is 4. The van der Waals surface area contributed by atoms with Crippen LogP contribution >= 0.6 is 0 Å². The first-order valence-electron chi connectivity index (χ1n) is 11.9. The van der Waals surface area contributed by atoms with Gasteiger partial charge in [0.1, 0.15) is 5.75 Å². The maximum atomic E-state index is 12.7. The van der Waals surface area contributed by atoms with Gasteiger partial charge in [-0.25, -0.2) is 8.42 Å². The summed E-state index contributed by atoms with van der Waals surface area (Å²) in [5, 5.41) is 0. The van der Waals surface area contributed by atoms with Crippen LogP contribution in [0.1, 0.15) is 24.0 Å². The van der Waals surface area contributed by atoms with Gasteiger partial charge in [0.15, 0.2) is 6.61 Å². The van der Waals surface area contributed by atoms with Crippen molar-refractivity contribution in [1.82, 2.24) is 4.90 Å². The molecule has 0 radical (unpaired) electrons. The van der Waals surface area contributed by atoms with E-state index in [1.807, 2.05) is 41.3 Å². The predicted molar refractivity (Wildman–Crippen MR) is 139 cm³/mol. The molecule has 0 aliphatic carbocycles. The van der Waals surface area contributed by atoms with Crippen LogP contribution in [0.3, 0.4) is 0 Å². The van der Waals surface area contributed by atoms with E-state index in [1.54, 1.807) is 24.3 Å². The lowest BCUT2D eigenvalue weighted by Gasteiger charge is -2.32. The molecule has 0 N–H and O–H groups in total. The number of carbonyl (C=O) groups excluding carboxylic acids is 1. The van der Waals surface area contributed by atoms with Gasteiger partial charge in [-0.1, -0.05) is 60.7 Å². The average Bonchev–Trinajstić information content (AvgIpc) is 2.87. The number of hydrogen-bond donors (Lipinski definition) is 0. The Morgan fingerprint density at radius 2 is 1.46 bits per heavy atom. The first kappa shape index (κ1) is 24.8. The van der Waals surface area contributed by atoms with Gasteiger partial charge in [-0.2, -0.15) is 0 Å². The SMILES string of the molecule is CS(=O)(=O)N(Cc1ccccc1)c1ccc(OCC(=O)N2CCC(Cc3ccccc3)CC2)cc1. The molecule has 0 unspecified atom stereocenters. The third kappa shape index (κ3) is 7.09. The molecule has 184 valence electrons. The van der Waals surface area contributed by atoms with Crippen molar-refractivity contribution in [1.29, 1.82) is 0 Å². The van der Waals surface area contributed by atoms with Crippen molar-refractivity contribution in [2.75, 3.05) is 30.3 Å². The van der Waals surface area contributed by atoms with Gasteiger partial charge in [-0.15, -0.1) is 0 Å². The molecule has 0 atom stereocenters. The van der Waals surface area contributed by atoms with Gasteiger partial charge in [0.25, 0.3) is 5.91 Å². The molecule has 1 fully saturated rings. The van der Waals surface area contributed by atoms with Gasteiger partial charge in [-0.3, -0.25) is 9.10 Å². The number of likely N-dealkylation sites (tertiary alicyclic amines) is 1. The Balaban J connectivity index is 1.28. The minimum atomic E-state index is -3.46. The number of piperidine rings is 1.